The molecule has 0 aliphatic rings. The molecule has 0 aliphatic heterocycles. The molecule has 0 unspecified atom stereocenters. The third kappa shape index (κ3) is 4.20. The molecule has 20 heavy (non-hydrogen) atoms. The summed E-state index contributed by atoms with van der Waals surface area (Å²) in [7, 11) is 1.62. The van der Waals surface area contributed by atoms with E-state index in [1.54, 1.807) is 31.5 Å². The fourth-order valence-corrected chi connectivity index (χ4v) is 1.64. The van der Waals surface area contributed by atoms with E-state index in [1.165, 1.54) is 6.07 Å². The van der Waals surface area contributed by atoms with Gasteiger partial charge in [0.05, 0.1) is 18.5 Å². The standard InChI is InChI=1S/C15H17FN2O2/c1-19-8-9-20-15-7-6-13(11-18-15)17-10-12-4-2-3-5-14(12)16/h2-7,11,17H,8-10H2,1H3. The van der Waals surface area contributed by atoms with E-state index in [0.29, 0.717) is 31.2 Å². The Morgan fingerprint density at radius 3 is 2.70 bits per heavy atom. The van der Waals surface area contributed by atoms with Crippen LogP contribution in [0.15, 0.2) is 42.6 Å². The quantitative estimate of drug-likeness (QED) is 0.790. The molecule has 0 spiro atoms. The zero-order valence-electron chi connectivity index (χ0n) is 11.3. The Bertz CT molecular complexity index is 532. The van der Waals surface area contributed by atoms with E-state index >= 15 is 0 Å². The Morgan fingerprint density at radius 1 is 1.15 bits per heavy atom. The molecule has 0 atom stereocenters. The first-order chi connectivity index (χ1) is 9.79. The number of anilines is 1. The normalized spacial score (nSPS) is 10.3. The summed E-state index contributed by atoms with van der Waals surface area (Å²) in [6.07, 6.45) is 1.66. The van der Waals surface area contributed by atoms with Crippen LogP contribution in [0.2, 0.25) is 0 Å². The maximum absolute atomic E-state index is 13.4. The van der Waals surface area contributed by atoms with Crippen molar-refractivity contribution < 1.29 is 13.9 Å². The Hall–Kier alpha value is -2.14. The Balaban J connectivity index is 1.86. The summed E-state index contributed by atoms with van der Waals surface area (Å²) in [5.74, 6) is 0.325. The third-order valence-electron chi connectivity index (χ3n) is 2.71. The van der Waals surface area contributed by atoms with Gasteiger partial charge in [0, 0.05) is 25.3 Å². The maximum Gasteiger partial charge on any atom is 0.213 e. The fraction of sp³-hybridized carbons (Fsp3) is 0.267. The van der Waals surface area contributed by atoms with Crippen molar-refractivity contribution in [1.29, 1.82) is 0 Å². The number of hydrogen-bond donors (Lipinski definition) is 1. The average molecular weight is 276 g/mol. The van der Waals surface area contributed by atoms with Crippen LogP contribution in [0.1, 0.15) is 5.56 Å². The van der Waals surface area contributed by atoms with E-state index in [1.807, 2.05) is 12.1 Å². The van der Waals surface area contributed by atoms with Gasteiger partial charge < -0.3 is 14.8 Å². The van der Waals surface area contributed by atoms with Crippen molar-refractivity contribution in [2.45, 2.75) is 6.54 Å². The van der Waals surface area contributed by atoms with Crippen LogP contribution in [0.4, 0.5) is 10.1 Å². The van der Waals surface area contributed by atoms with Gasteiger partial charge in [0.1, 0.15) is 12.4 Å². The molecule has 106 valence electrons. The Morgan fingerprint density at radius 2 is 2.00 bits per heavy atom. The number of halogens is 1. The Kier molecular flexibility index (Phi) is 5.32. The summed E-state index contributed by atoms with van der Waals surface area (Å²) < 4.78 is 23.7. The van der Waals surface area contributed by atoms with Gasteiger partial charge in [-0.3, -0.25) is 0 Å². The van der Waals surface area contributed by atoms with Gasteiger partial charge in [-0.2, -0.15) is 0 Å². The molecule has 4 nitrogen and oxygen atoms in total. The molecule has 1 aromatic carbocycles. The predicted octanol–water partition coefficient (Wildman–Crippen LogP) is 2.86. The zero-order chi connectivity index (χ0) is 14.2. The Labute approximate surface area is 117 Å². The molecule has 0 saturated carbocycles. The molecule has 1 aromatic heterocycles. The molecule has 1 heterocycles. The molecule has 0 saturated heterocycles. The van der Waals surface area contributed by atoms with Crippen LogP contribution >= 0.6 is 0 Å². The van der Waals surface area contributed by atoms with E-state index in [4.69, 9.17) is 9.47 Å². The number of nitrogens with zero attached hydrogens (tertiary/aromatic N) is 1. The summed E-state index contributed by atoms with van der Waals surface area (Å²) in [5.41, 5.74) is 1.43. The second-order valence-electron chi connectivity index (χ2n) is 4.17. The van der Waals surface area contributed by atoms with Crippen LogP contribution in [0.3, 0.4) is 0 Å². The number of aromatic nitrogens is 1. The minimum atomic E-state index is -0.215. The molecule has 0 aliphatic carbocycles. The highest BCUT2D eigenvalue weighted by Gasteiger charge is 2.01. The molecule has 5 heteroatoms. The van der Waals surface area contributed by atoms with Crippen molar-refractivity contribution in [2.75, 3.05) is 25.6 Å². The molecule has 0 fully saturated rings. The number of hydrogen-bond acceptors (Lipinski definition) is 4. The van der Waals surface area contributed by atoms with E-state index in [-0.39, 0.29) is 5.82 Å². The van der Waals surface area contributed by atoms with Gasteiger partial charge in [0.25, 0.3) is 0 Å². The minimum absolute atomic E-state index is 0.215. The van der Waals surface area contributed by atoms with Crippen molar-refractivity contribution in [3.8, 4) is 5.88 Å². The number of nitrogens with one attached hydrogen (secondary N) is 1. The monoisotopic (exact) mass is 276 g/mol. The van der Waals surface area contributed by atoms with Crippen molar-refractivity contribution >= 4 is 5.69 Å². The number of pyridine rings is 1. The van der Waals surface area contributed by atoms with Crippen LogP contribution in [0.25, 0.3) is 0 Å². The molecular weight excluding hydrogens is 259 g/mol. The molecule has 2 aromatic rings. The smallest absolute Gasteiger partial charge is 0.213 e. The largest absolute Gasteiger partial charge is 0.475 e. The van der Waals surface area contributed by atoms with Crippen molar-refractivity contribution in [1.82, 2.24) is 4.98 Å². The van der Waals surface area contributed by atoms with Crippen molar-refractivity contribution in [2.24, 2.45) is 0 Å². The molecule has 2 rings (SSSR count). The van der Waals surface area contributed by atoms with Crippen LogP contribution in [-0.4, -0.2) is 25.3 Å². The SMILES string of the molecule is COCCOc1ccc(NCc2ccccc2F)cn1. The van der Waals surface area contributed by atoms with Gasteiger partial charge in [-0.25, -0.2) is 9.37 Å². The molecule has 0 amide bonds. The second-order valence-corrected chi connectivity index (χ2v) is 4.17. The number of rotatable bonds is 7. The molecule has 1 N–H and O–H groups in total. The van der Waals surface area contributed by atoms with Gasteiger partial charge in [-0.1, -0.05) is 18.2 Å². The van der Waals surface area contributed by atoms with Gasteiger partial charge in [0.15, 0.2) is 0 Å². The lowest BCUT2D eigenvalue weighted by Crippen LogP contribution is -2.06. The minimum Gasteiger partial charge on any atom is -0.475 e. The summed E-state index contributed by atoms with van der Waals surface area (Å²) in [6, 6.07) is 10.3. The number of ether oxygens (including phenoxy) is 2. The van der Waals surface area contributed by atoms with Gasteiger partial charge >= 0.3 is 0 Å². The lowest BCUT2D eigenvalue weighted by Gasteiger charge is -2.08. The van der Waals surface area contributed by atoms with Crippen LogP contribution in [0.5, 0.6) is 5.88 Å². The van der Waals surface area contributed by atoms with Crippen LogP contribution in [-0.2, 0) is 11.3 Å². The molecular formula is C15H17FN2O2. The number of methoxy groups -OCH3 is 1. The molecule has 0 radical (unpaired) electrons. The highest BCUT2D eigenvalue weighted by molar-refractivity contribution is 5.42. The summed E-state index contributed by atoms with van der Waals surface area (Å²) in [6.45, 7) is 1.40. The van der Waals surface area contributed by atoms with Gasteiger partial charge in [0.2, 0.25) is 5.88 Å². The highest BCUT2D eigenvalue weighted by atomic mass is 19.1. The van der Waals surface area contributed by atoms with Gasteiger partial charge in [-0.15, -0.1) is 0 Å². The summed E-state index contributed by atoms with van der Waals surface area (Å²) in [4.78, 5) is 4.15. The highest BCUT2D eigenvalue weighted by Crippen LogP contribution is 2.14. The fourth-order valence-electron chi connectivity index (χ4n) is 1.64. The van der Waals surface area contributed by atoms with E-state index < -0.39 is 0 Å². The lowest BCUT2D eigenvalue weighted by atomic mass is 10.2. The first-order valence-electron chi connectivity index (χ1n) is 6.34. The summed E-state index contributed by atoms with van der Waals surface area (Å²) >= 11 is 0. The zero-order valence-corrected chi connectivity index (χ0v) is 11.3. The first-order valence-corrected chi connectivity index (χ1v) is 6.34. The van der Waals surface area contributed by atoms with Gasteiger partial charge in [-0.05, 0) is 12.1 Å². The first kappa shape index (κ1) is 14.3. The van der Waals surface area contributed by atoms with E-state index in [9.17, 15) is 4.39 Å². The summed E-state index contributed by atoms with van der Waals surface area (Å²) in [5, 5.41) is 3.11. The van der Waals surface area contributed by atoms with E-state index in [2.05, 4.69) is 10.3 Å². The average Bonchev–Trinajstić information content (AvgIpc) is 2.48. The van der Waals surface area contributed by atoms with E-state index in [0.717, 1.165) is 5.69 Å². The van der Waals surface area contributed by atoms with Crippen LogP contribution in [0, 0.1) is 5.82 Å². The van der Waals surface area contributed by atoms with Crippen molar-refractivity contribution in [3.63, 3.8) is 0 Å². The number of benzene rings is 1. The van der Waals surface area contributed by atoms with Crippen LogP contribution < -0.4 is 10.1 Å². The predicted molar refractivity (Wildman–Crippen MR) is 75.3 cm³/mol. The van der Waals surface area contributed by atoms with Crippen molar-refractivity contribution in [3.05, 3.63) is 54.0 Å². The molecule has 0 bridgehead atoms. The topological polar surface area (TPSA) is 43.4 Å². The maximum atomic E-state index is 13.4. The third-order valence-corrected chi connectivity index (χ3v) is 2.71. The second kappa shape index (κ2) is 7.45. The lowest BCUT2D eigenvalue weighted by molar-refractivity contribution is 0.144.